The van der Waals surface area contributed by atoms with Gasteiger partial charge in [0.05, 0.1) is 12.8 Å². The predicted octanol–water partition coefficient (Wildman–Crippen LogP) is 3.34. The SMILES string of the molecule is COc1ccc(C(=O)Nc2nc(-c3ccccn3)c(C#N)s2)cc1. The maximum absolute atomic E-state index is 12.3. The van der Waals surface area contributed by atoms with Gasteiger partial charge in [0.15, 0.2) is 5.13 Å². The van der Waals surface area contributed by atoms with Crippen molar-refractivity contribution in [2.24, 2.45) is 0 Å². The van der Waals surface area contributed by atoms with Gasteiger partial charge in [-0.05, 0) is 36.4 Å². The van der Waals surface area contributed by atoms with Gasteiger partial charge in [0.2, 0.25) is 0 Å². The molecule has 0 unspecified atom stereocenters. The van der Waals surface area contributed by atoms with Gasteiger partial charge in [-0.15, -0.1) is 0 Å². The quantitative estimate of drug-likeness (QED) is 0.789. The van der Waals surface area contributed by atoms with E-state index >= 15 is 0 Å². The van der Waals surface area contributed by atoms with Crippen molar-refractivity contribution in [1.29, 1.82) is 5.26 Å². The zero-order chi connectivity index (χ0) is 16.9. The van der Waals surface area contributed by atoms with E-state index in [1.165, 1.54) is 0 Å². The molecule has 0 aliphatic carbocycles. The molecule has 1 amide bonds. The number of hydrogen-bond donors (Lipinski definition) is 1. The van der Waals surface area contributed by atoms with Gasteiger partial charge in [0, 0.05) is 11.8 Å². The summed E-state index contributed by atoms with van der Waals surface area (Å²) in [6.45, 7) is 0. The number of pyridine rings is 1. The largest absolute Gasteiger partial charge is 0.497 e. The zero-order valence-electron chi connectivity index (χ0n) is 12.7. The number of amides is 1. The Kier molecular flexibility index (Phi) is 4.50. The van der Waals surface area contributed by atoms with E-state index in [9.17, 15) is 10.1 Å². The Hall–Kier alpha value is -3.24. The van der Waals surface area contributed by atoms with Crippen molar-refractivity contribution in [2.75, 3.05) is 12.4 Å². The third-order valence-electron chi connectivity index (χ3n) is 3.21. The summed E-state index contributed by atoms with van der Waals surface area (Å²) in [5.41, 5.74) is 1.53. The molecule has 1 N–H and O–H groups in total. The molecule has 2 aromatic heterocycles. The van der Waals surface area contributed by atoms with Gasteiger partial charge in [-0.3, -0.25) is 15.1 Å². The van der Waals surface area contributed by atoms with Gasteiger partial charge < -0.3 is 4.74 Å². The minimum Gasteiger partial charge on any atom is -0.497 e. The number of aromatic nitrogens is 2. The summed E-state index contributed by atoms with van der Waals surface area (Å²) in [5, 5.41) is 12.3. The Morgan fingerprint density at radius 1 is 1.25 bits per heavy atom. The lowest BCUT2D eigenvalue weighted by Crippen LogP contribution is -2.11. The van der Waals surface area contributed by atoms with Crippen molar-refractivity contribution in [3.63, 3.8) is 0 Å². The number of thiazole rings is 1. The number of anilines is 1. The highest BCUT2D eigenvalue weighted by atomic mass is 32.1. The molecule has 118 valence electrons. The number of carbonyl (C=O) groups is 1. The first-order valence-corrected chi connectivity index (χ1v) is 7.80. The van der Waals surface area contributed by atoms with Crippen LogP contribution in [0.3, 0.4) is 0 Å². The first kappa shape index (κ1) is 15.6. The molecule has 0 fully saturated rings. The molecule has 0 saturated heterocycles. The van der Waals surface area contributed by atoms with E-state index in [1.54, 1.807) is 49.7 Å². The van der Waals surface area contributed by atoms with Crippen molar-refractivity contribution in [3.05, 3.63) is 59.1 Å². The second-order valence-electron chi connectivity index (χ2n) is 4.71. The number of carbonyl (C=O) groups excluding carboxylic acids is 1. The molecule has 0 atom stereocenters. The molecule has 3 rings (SSSR count). The maximum Gasteiger partial charge on any atom is 0.257 e. The Morgan fingerprint density at radius 3 is 2.67 bits per heavy atom. The lowest BCUT2D eigenvalue weighted by molar-refractivity contribution is 0.102. The summed E-state index contributed by atoms with van der Waals surface area (Å²) in [6.07, 6.45) is 1.63. The molecule has 0 radical (unpaired) electrons. The summed E-state index contributed by atoms with van der Waals surface area (Å²) in [6, 6.07) is 14.2. The fourth-order valence-corrected chi connectivity index (χ4v) is 2.80. The number of hydrogen-bond acceptors (Lipinski definition) is 6. The van der Waals surface area contributed by atoms with E-state index in [4.69, 9.17) is 4.74 Å². The van der Waals surface area contributed by atoms with Crippen LogP contribution in [0.1, 0.15) is 15.2 Å². The molecule has 0 spiro atoms. The maximum atomic E-state index is 12.3. The second-order valence-corrected chi connectivity index (χ2v) is 5.71. The molecule has 2 heterocycles. The molecular formula is C17H12N4O2S. The van der Waals surface area contributed by atoms with Crippen LogP contribution in [0.15, 0.2) is 48.7 Å². The third kappa shape index (κ3) is 3.24. The molecule has 0 aliphatic rings. The highest BCUT2D eigenvalue weighted by Crippen LogP contribution is 2.29. The molecule has 7 heteroatoms. The number of nitrogens with zero attached hydrogens (tertiary/aromatic N) is 3. The molecular weight excluding hydrogens is 324 g/mol. The number of ether oxygens (including phenoxy) is 1. The van der Waals surface area contributed by atoms with Crippen LogP contribution in [-0.4, -0.2) is 23.0 Å². The molecule has 3 aromatic rings. The van der Waals surface area contributed by atoms with Crippen LogP contribution >= 0.6 is 11.3 Å². The average molecular weight is 336 g/mol. The molecule has 0 aliphatic heterocycles. The Bertz CT molecular complexity index is 899. The second kappa shape index (κ2) is 6.89. The average Bonchev–Trinajstić information content (AvgIpc) is 3.05. The minimum atomic E-state index is -0.302. The standard InChI is InChI=1S/C17H12N4O2S/c1-23-12-7-5-11(6-8-12)16(22)21-17-20-15(14(10-18)24-17)13-4-2-3-9-19-13/h2-9H,1H3,(H,20,21,22). The smallest absolute Gasteiger partial charge is 0.257 e. The zero-order valence-corrected chi connectivity index (χ0v) is 13.5. The lowest BCUT2D eigenvalue weighted by atomic mass is 10.2. The molecule has 0 saturated carbocycles. The van der Waals surface area contributed by atoms with Gasteiger partial charge in [-0.25, -0.2) is 4.98 Å². The van der Waals surface area contributed by atoms with Crippen molar-refractivity contribution in [3.8, 4) is 23.2 Å². The van der Waals surface area contributed by atoms with Crippen LogP contribution in [-0.2, 0) is 0 Å². The fourth-order valence-electron chi connectivity index (χ4n) is 2.04. The van der Waals surface area contributed by atoms with E-state index < -0.39 is 0 Å². The molecule has 1 aromatic carbocycles. The Labute approximate surface area is 142 Å². The normalized spacial score (nSPS) is 10.0. The van der Waals surface area contributed by atoms with E-state index in [0.29, 0.717) is 32.7 Å². The van der Waals surface area contributed by atoms with E-state index in [1.807, 2.05) is 6.07 Å². The van der Waals surface area contributed by atoms with Crippen LogP contribution in [0.5, 0.6) is 5.75 Å². The lowest BCUT2D eigenvalue weighted by Gasteiger charge is -2.03. The number of nitrogens with one attached hydrogen (secondary N) is 1. The molecule has 24 heavy (non-hydrogen) atoms. The fraction of sp³-hybridized carbons (Fsp3) is 0.0588. The highest BCUT2D eigenvalue weighted by molar-refractivity contribution is 7.16. The first-order chi connectivity index (χ1) is 11.7. The first-order valence-electron chi connectivity index (χ1n) is 6.99. The van der Waals surface area contributed by atoms with E-state index in [0.717, 1.165) is 11.3 Å². The van der Waals surface area contributed by atoms with Crippen LogP contribution in [0.25, 0.3) is 11.4 Å². The Morgan fingerprint density at radius 2 is 2.04 bits per heavy atom. The molecule has 0 bridgehead atoms. The highest BCUT2D eigenvalue weighted by Gasteiger charge is 2.16. The van der Waals surface area contributed by atoms with Gasteiger partial charge in [-0.1, -0.05) is 17.4 Å². The van der Waals surface area contributed by atoms with Crippen molar-refractivity contribution in [2.45, 2.75) is 0 Å². The number of benzene rings is 1. The number of rotatable bonds is 4. The summed E-state index contributed by atoms with van der Waals surface area (Å²) in [5.74, 6) is 0.369. The molecule has 6 nitrogen and oxygen atoms in total. The topological polar surface area (TPSA) is 87.9 Å². The van der Waals surface area contributed by atoms with Crippen LogP contribution < -0.4 is 10.1 Å². The summed E-state index contributed by atoms with van der Waals surface area (Å²) in [7, 11) is 1.56. The van der Waals surface area contributed by atoms with Crippen molar-refractivity contribution >= 4 is 22.4 Å². The Balaban J connectivity index is 1.84. The van der Waals surface area contributed by atoms with Crippen LogP contribution in [0, 0.1) is 11.3 Å². The monoisotopic (exact) mass is 336 g/mol. The van der Waals surface area contributed by atoms with E-state index in [2.05, 4.69) is 21.4 Å². The van der Waals surface area contributed by atoms with Gasteiger partial charge in [0.1, 0.15) is 22.4 Å². The summed E-state index contributed by atoms with van der Waals surface area (Å²) in [4.78, 5) is 21.2. The number of methoxy groups -OCH3 is 1. The van der Waals surface area contributed by atoms with E-state index in [-0.39, 0.29) is 5.91 Å². The number of nitriles is 1. The minimum absolute atomic E-state index is 0.302. The van der Waals surface area contributed by atoms with Gasteiger partial charge in [0.25, 0.3) is 5.91 Å². The van der Waals surface area contributed by atoms with Gasteiger partial charge in [-0.2, -0.15) is 5.26 Å². The summed E-state index contributed by atoms with van der Waals surface area (Å²) >= 11 is 1.12. The van der Waals surface area contributed by atoms with Gasteiger partial charge >= 0.3 is 0 Å². The van der Waals surface area contributed by atoms with Crippen LogP contribution in [0.4, 0.5) is 5.13 Å². The van der Waals surface area contributed by atoms with Crippen molar-refractivity contribution < 1.29 is 9.53 Å². The predicted molar refractivity (Wildman–Crippen MR) is 91.0 cm³/mol. The van der Waals surface area contributed by atoms with Crippen LogP contribution in [0.2, 0.25) is 0 Å². The summed E-state index contributed by atoms with van der Waals surface area (Å²) < 4.78 is 5.06. The van der Waals surface area contributed by atoms with Crippen molar-refractivity contribution in [1.82, 2.24) is 9.97 Å². The third-order valence-corrected chi connectivity index (χ3v) is 4.08.